The van der Waals surface area contributed by atoms with Gasteiger partial charge >= 0.3 is 0 Å². The van der Waals surface area contributed by atoms with Crippen molar-refractivity contribution in [3.8, 4) is 5.75 Å². The molecule has 3 rings (SSSR count). The Balaban J connectivity index is 1.68. The number of rotatable bonds is 3. The molecule has 0 aliphatic heterocycles. The third-order valence-electron chi connectivity index (χ3n) is 3.47. The van der Waals surface area contributed by atoms with Gasteiger partial charge in [-0.05, 0) is 61.1 Å². The molecular weight excluding hydrogens is 378 g/mol. The molecule has 8 heteroatoms. The molecule has 5 nitrogen and oxygen atoms in total. The summed E-state index contributed by atoms with van der Waals surface area (Å²) in [5, 5.41) is 7.01. The predicted molar refractivity (Wildman–Crippen MR) is 106 cm³/mol. The Labute approximate surface area is 159 Å². The van der Waals surface area contributed by atoms with E-state index >= 15 is 0 Å². The first kappa shape index (κ1) is 17.6. The van der Waals surface area contributed by atoms with E-state index in [1.165, 1.54) is 11.3 Å². The lowest BCUT2D eigenvalue weighted by Crippen LogP contribution is -2.34. The molecule has 0 bridgehead atoms. The second kappa shape index (κ2) is 7.35. The number of thiocarbonyl (C=S) groups is 1. The first-order valence-electron chi connectivity index (χ1n) is 7.29. The molecule has 0 radical (unpaired) electrons. The van der Waals surface area contributed by atoms with Gasteiger partial charge in [0.2, 0.25) is 0 Å². The van der Waals surface area contributed by atoms with Crippen LogP contribution >= 0.6 is 35.2 Å². The van der Waals surface area contributed by atoms with E-state index in [2.05, 4.69) is 15.6 Å². The minimum Gasteiger partial charge on any atom is -0.497 e. The molecule has 1 aromatic heterocycles. The van der Waals surface area contributed by atoms with E-state index in [-0.39, 0.29) is 11.0 Å². The summed E-state index contributed by atoms with van der Waals surface area (Å²) < 4.78 is 6.06. The SMILES string of the molecule is COc1ccc(C(=O)NC(=S)Nc2nc3cc(Cl)c(C)cc3s2)cc1. The highest BCUT2D eigenvalue weighted by Gasteiger charge is 2.11. The summed E-state index contributed by atoms with van der Waals surface area (Å²) in [5.74, 6) is 0.376. The number of anilines is 1. The molecule has 0 saturated heterocycles. The van der Waals surface area contributed by atoms with E-state index in [1.54, 1.807) is 31.4 Å². The van der Waals surface area contributed by atoms with E-state index in [1.807, 2.05) is 19.1 Å². The number of methoxy groups -OCH3 is 1. The standard InChI is InChI=1S/C17H14ClN3O2S2/c1-9-7-14-13(8-12(9)18)19-17(25-14)21-16(24)20-15(22)10-3-5-11(23-2)6-4-10/h3-8H,1-2H3,(H2,19,20,21,22,24). The minimum atomic E-state index is -0.305. The number of carbonyl (C=O) groups excluding carboxylic acids is 1. The number of halogens is 1. The molecule has 2 aromatic carbocycles. The van der Waals surface area contributed by atoms with Crippen LogP contribution in [0.2, 0.25) is 5.02 Å². The maximum Gasteiger partial charge on any atom is 0.257 e. The van der Waals surface area contributed by atoms with Gasteiger partial charge in [-0.3, -0.25) is 10.1 Å². The molecule has 0 fully saturated rings. The Hall–Kier alpha value is -2.22. The summed E-state index contributed by atoms with van der Waals surface area (Å²) in [7, 11) is 1.57. The van der Waals surface area contributed by atoms with Crippen molar-refractivity contribution in [1.82, 2.24) is 10.3 Å². The zero-order chi connectivity index (χ0) is 18.0. The molecule has 1 amide bonds. The van der Waals surface area contributed by atoms with Crippen LogP contribution in [0, 0.1) is 6.92 Å². The zero-order valence-electron chi connectivity index (χ0n) is 13.4. The van der Waals surface area contributed by atoms with Crippen molar-refractivity contribution in [1.29, 1.82) is 0 Å². The molecule has 0 spiro atoms. The summed E-state index contributed by atoms with van der Waals surface area (Å²) in [5.41, 5.74) is 2.25. The van der Waals surface area contributed by atoms with E-state index < -0.39 is 0 Å². The molecule has 0 unspecified atom stereocenters. The van der Waals surface area contributed by atoms with Gasteiger partial charge in [0.25, 0.3) is 5.91 Å². The smallest absolute Gasteiger partial charge is 0.257 e. The third-order valence-corrected chi connectivity index (χ3v) is 5.01. The van der Waals surface area contributed by atoms with E-state index in [4.69, 9.17) is 28.6 Å². The van der Waals surface area contributed by atoms with Crippen molar-refractivity contribution >= 4 is 61.5 Å². The number of hydrogen-bond acceptors (Lipinski definition) is 5. The molecule has 128 valence electrons. The monoisotopic (exact) mass is 391 g/mol. The molecule has 1 heterocycles. The molecular formula is C17H14ClN3O2S2. The van der Waals surface area contributed by atoms with E-state index in [0.29, 0.717) is 21.5 Å². The maximum atomic E-state index is 12.2. The van der Waals surface area contributed by atoms with Crippen LogP contribution in [0.4, 0.5) is 5.13 Å². The number of benzene rings is 2. The number of aryl methyl sites for hydroxylation is 1. The van der Waals surface area contributed by atoms with Crippen LogP contribution in [0.1, 0.15) is 15.9 Å². The summed E-state index contributed by atoms with van der Waals surface area (Å²) in [4.78, 5) is 16.6. The van der Waals surface area contributed by atoms with Crippen LogP contribution in [0.15, 0.2) is 36.4 Å². The summed E-state index contributed by atoms with van der Waals surface area (Å²) >= 11 is 12.7. The van der Waals surface area contributed by atoms with Crippen molar-refractivity contribution in [3.63, 3.8) is 0 Å². The lowest BCUT2D eigenvalue weighted by Gasteiger charge is -2.07. The zero-order valence-corrected chi connectivity index (χ0v) is 15.8. The molecule has 0 saturated carbocycles. The van der Waals surface area contributed by atoms with Gasteiger partial charge in [0.15, 0.2) is 10.2 Å². The minimum absolute atomic E-state index is 0.183. The van der Waals surface area contributed by atoms with Crippen LogP contribution in [-0.4, -0.2) is 23.1 Å². The number of nitrogens with zero attached hydrogens (tertiary/aromatic N) is 1. The fourth-order valence-corrected chi connectivity index (χ4v) is 3.51. The average molecular weight is 392 g/mol. The lowest BCUT2D eigenvalue weighted by atomic mass is 10.2. The number of hydrogen-bond donors (Lipinski definition) is 2. The number of carbonyl (C=O) groups is 1. The second-order valence-corrected chi connectivity index (χ2v) is 7.07. The van der Waals surface area contributed by atoms with Crippen molar-refractivity contribution in [2.75, 3.05) is 12.4 Å². The van der Waals surface area contributed by atoms with Gasteiger partial charge in [0, 0.05) is 10.6 Å². The quantitative estimate of drug-likeness (QED) is 0.648. The third kappa shape index (κ3) is 4.07. The van der Waals surface area contributed by atoms with Gasteiger partial charge in [-0.1, -0.05) is 22.9 Å². The van der Waals surface area contributed by atoms with Crippen molar-refractivity contribution in [2.45, 2.75) is 6.92 Å². The van der Waals surface area contributed by atoms with Gasteiger partial charge in [0.05, 0.1) is 17.3 Å². The van der Waals surface area contributed by atoms with Gasteiger partial charge in [-0.2, -0.15) is 0 Å². The summed E-state index contributed by atoms with van der Waals surface area (Å²) in [6.45, 7) is 1.94. The first-order chi connectivity index (χ1) is 12.0. The fraction of sp³-hybridized carbons (Fsp3) is 0.118. The summed E-state index contributed by atoms with van der Waals surface area (Å²) in [6.07, 6.45) is 0. The van der Waals surface area contributed by atoms with E-state index in [9.17, 15) is 4.79 Å². The highest BCUT2D eigenvalue weighted by atomic mass is 35.5. The maximum absolute atomic E-state index is 12.2. The molecule has 2 N–H and O–H groups in total. The topological polar surface area (TPSA) is 63.2 Å². The van der Waals surface area contributed by atoms with Gasteiger partial charge in [-0.15, -0.1) is 0 Å². The average Bonchev–Trinajstić information content (AvgIpc) is 2.96. The van der Waals surface area contributed by atoms with Crippen LogP contribution in [0.5, 0.6) is 5.75 Å². The number of aromatic nitrogens is 1. The Kier molecular flexibility index (Phi) is 5.17. The van der Waals surface area contributed by atoms with E-state index in [0.717, 1.165) is 15.8 Å². The Morgan fingerprint density at radius 1 is 1.28 bits per heavy atom. The van der Waals surface area contributed by atoms with Crippen molar-refractivity contribution in [3.05, 3.63) is 52.5 Å². The molecule has 0 aliphatic rings. The highest BCUT2D eigenvalue weighted by Crippen LogP contribution is 2.30. The number of amides is 1. The van der Waals surface area contributed by atoms with Crippen LogP contribution in [0.25, 0.3) is 10.2 Å². The normalized spacial score (nSPS) is 10.5. The summed E-state index contributed by atoms with van der Waals surface area (Å²) in [6, 6.07) is 10.5. The first-order valence-corrected chi connectivity index (χ1v) is 8.89. The molecule has 3 aromatic rings. The molecule has 0 aliphatic carbocycles. The van der Waals surface area contributed by atoms with Crippen LogP contribution in [-0.2, 0) is 0 Å². The Morgan fingerprint density at radius 3 is 2.68 bits per heavy atom. The number of thiazole rings is 1. The second-order valence-electron chi connectivity index (χ2n) is 5.22. The number of fused-ring (bicyclic) bond motifs is 1. The highest BCUT2D eigenvalue weighted by molar-refractivity contribution is 7.80. The predicted octanol–water partition coefficient (Wildman–Crippen LogP) is 4.39. The largest absolute Gasteiger partial charge is 0.497 e. The van der Waals surface area contributed by atoms with Crippen LogP contribution < -0.4 is 15.4 Å². The number of ether oxygens (including phenoxy) is 1. The fourth-order valence-electron chi connectivity index (χ4n) is 2.15. The Morgan fingerprint density at radius 2 is 2.00 bits per heavy atom. The van der Waals surface area contributed by atoms with Crippen molar-refractivity contribution in [2.24, 2.45) is 0 Å². The molecule has 0 atom stereocenters. The number of nitrogens with one attached hydrogen (secondary N) is 2. The van der Waals surface area contributed by atoms with Gasteiger partial charge in [0.1, 0.15) is 5.75 Å². The van der Waals surface area contributed by atoms with Crippen LogP contribution in [0.3, 0.4) is 0 Å². The lowest BCUT2D eigenvalue weighted by molar-refractivity contribution is 0.0977. The molecule has 25 heavy (non-hydrogen) atoms. The van der Waals surface area contributed by atoms with Gasteiger partial charge in [-0.25, -0.2) is 4.98 Å². The van der Waals surface area contributed by atoms with Crippen molar-refractivity contribution < 1.29 is 9.53 Å². The Bertz CT molecular complexity index is 915. The van der Waals surface area contributed by atoms with Gasteiger partial charge < -0.3 is 10.1 Å².